The van der Waals surface area contributed by atoms with Crippen LogP contribution in [-0.2, 0) is 22.7 Å². The summed E-state index contributed by atoms with van der Waals surface area (Å²) in [6, 6.07) is 14.4. The van der Waals surface area contributed by atoms with Crippen molar-refractivity contribution in [1.82, 2.24) is 14.7 Å². The van der Waals surface area contributed by atoms with Gasteiger partial charge in [0.05, 0.1) is 5.92 Å². The molecule has 1 fully saturated rings. The second-order valence-corrected chi connectivity index (χ2v) is 8.35. The first-order valence-corrected chi connectivity index (χ1v) is 10.3. The normalized spacial score (nSPS) is 16.4. The Morgan fingerprint density at radius 2 is 1.83 bits per heavy atom. The van der Waals surface area contributed by atoms with Gasteiger partial charge in [-0.25, -0.2) is 4.39 Å². The average molecular weight is 412 g/mol. The number of benzene rings is 2. The summed E-state index contributed by atoms with van der Waals surface area (Å²) in [5.41, 5.74) is 2.99. The van der Waals surface area contributed by atoms with Gasteiger partial charge in [-0.05, 0) is 44.3 Å². The molecule has 0 aliphatic carbocycles. The molecule has 0 N–H and O–H groups in total. The largest absolute Gasteiger partial charge is 0.338 e. The maximum atomic E-state index is 13.6. The molecule has 1 atom stereocenters. The van der Waals surface area contributed by atoms with Crippen LogP contribution in [0.4, 0.5) is 4.39 Å². The summed E-state index contributed by atoms with van der Waals surface area (Å²) in [6.45, 7) is 4.55. The number of hydrogen-bond acceptors (Lipinski definition) is 3. The van der Waals surface area contributed by atoms with E-state index in [1.165, 1.54) is 17.7 Å². The summed E-state index contributed by atoms with van der Waals surface area (Å²) in [4.78, 5) is 31.3. The van der Waals surface area contributed by atoms with Crippen molar-refractivity contribution in [3.8, 4) is 0 Å². The molecule has 0 radical (unpaired) electrons. The van der Waals surface area contributed by atoms with Gasteiger partial charge in [0.2, 0.25) is 11.8 Å². The third kappa shape index (κ3) is 5.89. The average Bonchev–Trinajstić information content (AvgIpc) is 3.06. The molecule has 1 heterocycles. The van der Waals surface area contributed by atoms with Crippen LogP contribution < -0.4 is 0 Å². The zero-order chi connectivity index (χ0) is 21.7. The fourth-order valence-electron chi connectivity index (χ4n) is 3.71. The SMILES string of the molecule is Cc1ccc(CN2CC(C(=O)N(CCN(C)C)Cc3cccc(F)c3)CC2=O)cc1. The lowest BCUT2D eigenvalue weighted by Gasteiger charge is -2.27. The number of carbonyl (C=O) groups is 2. The Bertz CT molecular complexity index is 882. The molecule has 5 nitrogen and oxygen atoms in total. The first-order valence-electron chi connectivity index (χ1n) is 10.3. The summed E-state index contributed by atoms with van der Waals surface area (Å²) in [7, 11) is 3.90. The molecular weight excluding hydrogens is 381 g/mol. The van der Waals surface area contributed by atoms with Gasteiger partial charge >= 0.3 is 0 Å². The number of likely N-dealkylation sites (N-methyl/N-ethyl adjacent to an activating group) is 1. The highest BCUT2D eigenvalue weighted by Gasteiger charge is 2.36. The van der Waals surface area contributed by atoms with E-state index in [0.29, 0.717) is 32.7 Å². The number of hydrogen-bond donors (Lipinski definition) is 0. The van der Waals surface area contributed by atoms with Crippen molar-refractivity contribution in [1.29, 1.82) is 0 Å². The van der Waals surface area contributed by atoms with Crippen LogP contribution in [-0.4, -0.2) is 60.2 Å². The van der Waals surface area contributed by atoms with E-state index in [1.807, 2.05) is 56.3 Å². The number of halogens is 1. The molecule has 0 saturated carbocycles. The quantitative estimate of drug-likeness (QED) is 0.671. The van der Waals surface area contributed by atoms with E-state index >= 15 is 0 Å². The van der Waals surface area contributed by atoms with Gasteiger partial charge in [0.1, 0.15) is 5.82 Å². The van der Waals surface area contributed by atoms with Crippen LogP contribution in [0, 0.1) is 18.7 Å². The molecular formula is C24H30FN3O2. The first kappa shape index (κ1) is 22.0. The van der Waals surface area contributed by atoms with Gasteiger partial charge in [0.25, 0.3) is 0 Å². The van der Waals surface area contributed by atoms with Crippen molar-refractivity contribution in [2.45, 2.75) is 26.4 Å². The third-order valence-electron chi connectivity index (χ3n) is 5.45. The predicted octanol–water partition coefficient (Wildman–Crippen LogP) is 3.07. The molecule has 1 aliphatic heterocycles. The minimum Gasteiger partial charge on any atom is -0.338 e. The lowest BCUT2D eigenvalue weighted by atomic mass is 10.1. The maximum absolute atomic E-state index is 13.6. The zero-order valence-corrected chi connectivity index (χ0v) is 18.0. The van der Waals surface area contributed by atoms with E-state index in [4.69, 9.17) is 0 Å². The van der Waals surface area contributed by atoms with Crippen LogP contribution in [0.2, 0.25) is 0 Å². The molecule has 0 bridgehead atoms. The molecule has 3 rings (SSSR count). The van der Waals surface area contributed by atoms with Gasteiger partial charge in [0, 0.05) is 39.1 Å². The molecule has 0 spiro atoms. The third-order valence-corrected chi connectivity index (χ3v) is 5.45. The van der Waals surface area contributed by atoms with Crippen LogP contribution in [0.1, 0.15) is 23.1 Å². The van der Waals surface area contributed by atoms with E-state index in [-0.39, 0.29) is 30.0 Å². The highest BCUT2D eigenvalue weighted by Crippen LogP contribution is 2.23. The molecule has 30 heavy (non-hydrogen) atoms. The predicted molar refractivity (Wildman–Crippen MR) is 115 cm³/mol. The van der Waals surface area contributed by atoms with E-state index in [9.17, 15) is 14.0 Å². The molecule has 1 unspecified atom stereocenters. The molecule has 1 aliphatic rings. The number of amides is 2. The molecule has 0 aromatic heterocycles. The van der Waals surface area contributed by atoms with Gasteiger partial charge in [-0.15, -0.1) is 0 Å². The van der Waals surface area contributed by atoms with Crippen LogP contribution in [0.15, 0.2) is 48.5 Å². The Balaban J connectivity index is 1.68. The van der Waals surface area contributed by atoms with Gasteiger partial charge < -0.3 is 14.7 Å². The summed E-state index contributed by atoms with van der Waals surface area (Å²) in [5, 5.41) is 0. The molecule has 160 valence electrons. The summed E-state index contributed by atoms with van der Waals surface area (Å²) in [6.07, 6.45) is 0.228. The van der Waals surface area contributed by atoms with Crippen molar-refractivity contribution < 1.29 is 14.0 Å². The van der Waals surface area contributed by atoms with Gasteiger partial charge in [-0.1, -0.05) is 42.0 Å². The summed E-state index contributed by atoms with van der Waals surface area (Å²) < 4.78 is 13.6. The topological polar surface area (TPSA) is 43.9 Å². The molecule has 6 heteroatoms. The second kappa shape index (κ2) is 9.85. The van der Waals surface area contributed by atoms with Crippen molar-refractivity contribution in [3.05, 3.63) is 71.0 Å². The van der Waals surface area contributed by atoms with Gasteiger partial charge in [-0.2, -0.15) is 0 Å². The Morgan fingerprint density at radius 3 is 2.50 bits per heavy atom. The molecule has 1 saturated heterocycles. The number of likely N-dealkylation sites (tertiary alicyclic amines) is 1. The van der Waals surface area contributed by atoms with Gasteiger partial charge in [-0.3, -0.25) is 9.59 Å². The Labute approximate surface area is 178 Å². The fraction of sp³-hybridized carbons (Fsp3) is 0.417. The Morgan fingerprint density at radius 1 is 1.10 bits per heavy atom. The Hall–Kier alpha value is -2.73. The summed E-state index contributed by atoms with van der Waals surface area (Å²) >= 11 is 0. The van der Waals surface area contributed by atoms with E-state index < -0.39 is 0 Å². The van der Waals surface area contributed by atoms with Crippen LogP contribution in [0.25, 0.3) is 0 Å². The standard InChI is InChI=1S/C24H30FN3O2/c1-18-7-9-19(10-8-18)15-28-17-21(14-23(28)29)24(30)27(12-11-26(2)3)16-20-5-4-6-22(25)13-20/h4-10,13,21H,11-12,14-17H2,1-3H3. The maximum Gasteiger partial charge on any atom is 0.228 e. The minimum atomic E-state index is -0.362. The first-order chi connectivity index (χ1) is 14.3. The van der Waals surface area contributed by atoms with Crippen molar-refractivity contribution in [2.24, 2.45) is 5.92 Å². The number of aryl methyl sites for hydroxylation is 1. The Kier molecular flexibility index (Phi) is 7.21. The number of rotatable bonds is 8. The van der Waals surface area contributed by atoms with Crippen molar-refractivity contribution in [2.75, 3.05) is 33.7 Å². The molecule has 2 aromatic carbocycles. The number of nitrogens with zero attached hydrogens (tertiary/aromatic N) is 3. The van der Waals surface area contributed by atoms with E-state index in [1.54, 1.807) is 15.9 Å². The smallest absolute Gasteiger partial charge is 0.228 e. The summed E-state index contributed by atoms with van der Waals surface area (Å²) in [5.74, 6) is -0.709. The van der Waals surface area contributed by atoms with Crippen molar-refractivity contribution >= 4 is 11.8 Å². The highest BCUT2D eigenvalue weighted by molar-refractivity contribution is 5.89. The van der Waals surface area contributed by atoms with Crippen LogP contribution in [0.3, 0.4) is 0 Å². The second-order valence-electron chi connectivity index (χ2n) is 8.35. The monoisotopic (exact) mass is 411 g/mol. The van der Waals surface area contributed by atoms with E-state index in [2.05, 4.69) is 0 Å². The minimum absolute atomic E-state index is 0.00670. The van der Waals surface area contributed by atoms with Crippen molar-refractivity contribution in [3.63, 3.8) is 0 Å². The fourth-order valence-corrected chi connectivity index (χ4v) is 3.71. The van der Waals surface area contributed by atoms with Crippen LogP contribution in [0.5, 0.6) is 0 Å². The molecule has 2 amide bonds. The lowest BCUT2D eigenvalue weighted by Crippen LogP contribution is -2.40. The zero-order valence-electron chi connectivity index (χ0n) is 18.0. The highest BCUT2D eigenvalue weighted by atomic mass is 19.1. The van der Waals surface area contributed by atoms with E-state index in [0.717, 1.165) is 11.1 Å². The van der Waals surface area contributed by atoms with Crippen LogP contribution >= 0.6 is 0 Å². The number of carbonyl (C=O) groups excluding carboxylic acids is 2. The van der Waals surface area contributed by atoms with Gasteiger partial charge in [0.15, 0.2) is 0 Å². The lowest BCUT2D eigenvalue weighted by molar-refractivity contribution is -0.136. The molecule has 2 aromatic rings.